The van der Waals surface area contributed by atoms with E-state index in [1.807, 2.05) is 0 Å². The van der Waals surface area contributed by atoms with Gasteiger partial charge in [-0.1, -0.05) is 6.42 Å². The standard InChI is InChI=1S/C10H20FNO2S/c1-10(11,7-12)8-4-3-5-9(6-8)15(2,13)14/h8-9H,3-7,12H2,1-2H3. The highest BCUT2D eigenvalue weighted by Crippen LogP contribution is 2.36. The molecule has 15 heavy (non-hydrogen) atoms. The van der Waals surface area contributed by atoms with Crippen molar-refractivity contribution in [1.29, 1.82) is 0 Å². The fourth-order valence-corrected chi connectivity index (χ4v) is 3.42. The second-order valence-electron chi connectivity index (χ2n) is 4.80. The van der Waals surface area contributed by atoms with E-state index in [1.165, 1.54) is 13.2 Å². The molecule has 1 fully saturated rings. The quantitative estimate of drug-likeness (QED) is 0.804. The lowest BCUT2D eigenvalue weighted by Crippen LogP contribution is -2.42. The summed E-state index contributed by atoms with van der Waals surface area (Å²) in [5.74, 6) is -0.212. The molecule has 0 heterocycles. The summed E-state index contributed by atoms with van der Waals surface area (Å²) in [7, 11) is -3.03. The molecular formula is C10H20FNO2S. The molecule has 1 rings (SSSR count). The summed E-state index contributed by atoms with van der Waals surface area (Å²) in [4.78, 5) is 0. The number of alkyl halides is 1. The molecule has 2 N–H and O–H groups in total. The number of nitrogens with two attached hydrogens (primary N) is 1. The number of sulfone groups is 1. The van der Waals surface area contributed by atoms with Crippen LogP contribution in [0.3, 0.4) is 0 Å². The fraction of sp³-hybridized carbons (Fsp3) is 1.00. The molecule has 0 spiro atoms. The fourth-order valence-electron chi connectivity index (χ4n) is 2.25. The van der Waals surface area contributed by atoms with E-state index in [2.05, 4.69) is 0 Å². The third kappa shape index (κ3) is 3.14. The molecule has 0 aliphatic heterocycles. The summed E-state index contributed by atoms with van der Waals surface area (Å²) >= 11 is 0. The van der Waals surface area contributed by atoms with Crippen molar-refractivity contribution in [2.75, 3.05) is 12.8 Å². The van der Waals surface area contributed by atoms with Crippen molar-refractivity contribution in [3.05, 3.63) is 0 Å². The van der Waals surface area contributed by atoms with E-state index in [0.29, 0.717) is 12.8 Å². The van der Waals surface area contributed by atoms with Crippen LogP contribution in [0.15, 0.2) is 0 Å². The normalized spacial score (nSPS) is 32.3. The zero-order valence-electron chi connectivity index (χ0n) is 9.37. The first-order valence-electron chi connectivity index (χ1n) is 5.35. The van der Waals surface area contributed by atoms with Crippen LogP contribution in [0.5, 0.6) is 0 Å². The minimum atomic E-state index is -3.03. The first-order valence-corrected chi connectivity index (χ1v) is 7.30. The van der Waals surface area contributed by atoms with Crippen molar-refractivity contribution < 1.29 is 12.8 Å². The van der Waals surface area contributed by atoms with Gasteiger partial charge in [0.25, 0.3) is 0 Å². The molecule has 90 valence electrons. The Labute approximate surface area is 91.1 Å². The molecule has 5 heteroatoms. The Bertz CT molecular complexity index is 313. The molecule has 1 saturated carbocycles. The average Bonchev–Trinajstić information content (AvgIpc) is 2.17. The first-order chi connectivity index (χ1) is 6.77. The molecular weight excluding hydrogens is 217 g/mol. The number of rotatable bonds is 3. The second-order valence-corrected chi connectivity index (χ2v) is 7.12. The van der Waals surface area contributed by atoms with E-state index in [9.17, 15) is 12.8 Å². The Hall–Kier alpha value is -0.160. The maximum atomic E-state index is 13.9. The zero-order chi connectivity index (χ0) is 11.7. The van der Waals surface area contributed by atoms with Crippen molar-refractivity contribution in [1.82, 2.24) is 0 Å². The molecule has 3 unspecified atom stereocenters. The maximum Gasteiger partial charge on any atom is 0.150 e. The topological polar surface area (TPSA) is 60.2 Å². The third-order valence-electron chi connectivity index (χ3n) is 3.48. The lowest BCUT2D eigenvalue weighted by atomic mass is 9.79. The lowest BCUT2D eigenvalue weighted by Gasteiger charge is -2.35. The Morgan fingerprint density at radius 2 is 2.07 bits per heavy atom. The monoisotopic (exact) mass is 237 g/mol. The van der Waals surface area contributed by atoms with Crippen molar-refractivity contribution >= 4 is 9.84 Å². The van der Waals surface area contributed by atoms with Gasteiger partial charge in [0.15, 0.2) is 0 Å². The Morgan fingerprint density at radius 3 is 2.53 bits per heavy atom. The van der Waals surface area contributed by atoms with Gasteiger partial charge in [0, 0.05) is 12.8 Å². The molecule has 1 aliphatic rings. The van der Waals surface area contributed by atoms with Gasteiger partial charge in [-0.15, -0.1) is 0 Å². The highest BCUT2D eigenvalue weighted by molar-refractivity contribution is 7.91. The Balaban J connectivity index is 2.73. The number of hydrogen-bond donors (Lipinski definition) is 1. The predicted octanol–water partition coefficient (Wildman–Crippen LogP) is 1.28. The summed E-state index contributed by atoms with van der Waals surface area (Å²) in [6.45, 7) is 1.44. The van der Waals surface area contributed by atoms with Gasteiger partial charge in [0.05, 0.1) is 5.25 Å². The summed E-state index contributed by atoms with van der Waals surface area (Å²) in [6.07, 6.45) is 3.84. The molecule has 3 atom stereocenters. The van der Waals surface area contributed by atoms with Crippen LogP contribution in [0.1, 0.15) is 32.6 Å². The van der Waals surface area contributed by atoms with E-state index in [1.54, 1.807) is 0 Å². The molecule has 0 radical (unpaired) electrons. The van der Waals surface area contributed by atoms with Gasteiger partial charge in [0.1, 0.15) is 15.5 Å². The van der Waals surface area contributed by atoms with Gasteiger partial charge in [-0.25, -0.2) is 12.8 Å². The largest absolute Gasteiger partial charge is 0.328 e. The van der Waals surface area contributed by atoms with Gasteiger partial charge in [-0.05, 0) is 32.1 Å². The molecule has 1 aliphatic carbocycles. The van der Waals surface area contributed by atoms with E-state index < -0.39 is 15.5 Å². The van der Waals surface area contributed by atoms with Crippen LogP contribution in [0.2, 0.25) is 0 Å². The van der Waals surface area contributed by atoms with Gasteiger partial charge in [0.2, 0.25) is 0 Å². The molecule has 0 aromatic rings. The van der Waals surface area contributed by atoms with Gasteiger partial charge in [-0.2, -0.15) is 0 Å². The average molecular weight is 237 g/mol. The molecule has 0 aromatic heterocycles. The first kappa shape index (κ1) is 12.9. The van der Waals surface area contributed by atoms with Crippen LogP contribution in [-0.2, 0) is 9.84 Å². The number of halogens is 1. The molecule has 0 saturated heterocycles. The van der Waals surface area contributed by atoms with Crippen molar-refractivity contribution in [2.24, 2.45) is 11.7 Å². The summed E-state index contributed by atoms with van der Waals surface area (Å²) in [5, 5.41) is -0.377. The minimum Gasteiger partial charge on any atom is -0.328 e. The van der Waals surface area contributed by atoms with Crippen LogP contribution >= 0.6 is 0 Å². The summed E-state index contributed by atoms with van der Waals surface area (Å²) < 4.78 is 36.7. The molecule has 0 bridgehead atoms. The van der Waals surface area contributed by atoms with Gasteiger partial charge < -0.3 is 5.73 Å². The van der Waals surface area contributed by atoms with Crippen LogP contribution in [-0.4, -0.2) is 32.1 Å². The van der Waals surface area contributed by atoms with Crippen molar-refractivity contribution in [2.45, 2.75) is 43.5 Å². The zero-order valence-corrected chi connectivity index (χ0v) is 10.2. The molecule has 0 aromatic carbocycles. The lowest BCUT2D eigenvalue weighted by molar-refractivity contribution is 0.0844. The van der Waals surface area contributed by atoms with E-state index in [0.717, 1.165) is 12.8 Å². The van der Waals surface area contributed by atoms with Gasteiger partial charge >= 0.3 is 0 Å². The highest BCUT2D eigenvalue weighted by Gasteiger charge is 2.39. The van der Waals surface area contributed by atoms with Crippen LogP contribution in [0, 0.1) is 5.92 Å². The van der Waals surface area contributed by atoms with Gasteiger partial charge in [-0.3, -0.25) is 0 Å². The SMILES string of the molecule is CC(F)(CN)C1CCCC(S(C)(=O)=O)C1. The highest BCUT2D eigenvalue weighted by atomic mass is 32.2. The Kier molecular flexibility index (Phi) is 3.76. The predicted molar refractivity (Wildman–Crippen MR) is 59.2 cm³/mol. The smallest absolute Gasteiger partial charge is 0.150 e. The van der Waals surface area contributed by atoms with Crippen molar-refractivity contribution in [3.8, 4) is 0 Å². The minimum absolute atomic E-state index is 0.0336. The molecule has 3 nitrogen and oxygen atoms in total. The van der Waals surface area contributed by atoms with E-state index in [-0.39, 0.29) is 17.7 Å². The third-order valence-corrected chi connectivity index (χ3v) is 5.12. The van der Waals surface area contributed by atoms with E-state index in [4.69, 9.17) is 5.73 Å². The molecule has 0 amide bonds. The van der Waals surface area contributed by atoms with Crippen molar-refractivity contribution in [3.63, 3.8) is 0 Å². The van der Waals surface area contributed by atoms with E-state index >= 15 is 0 Å². The number of hydrogen-bond acceptors (Lipinski definition) is 3. The second kappa shape index (κ2) is 4.37. The summed E-state index contributed by atoms with van der Waals surface area (Å²) in [5.41, 5.74) is 3.94. The summed E-state index contributed by atoms with van der Waals surface area (Å²) in [6, 6.07) is 0. The maximum absolute atomic E-state index is 13.9. The Morgan fingerprint density at radius 1 is 1.47 bits per heavy atom. The van der Waals surface area contributed by atoms with Crippen LogP contribution in [0.4, 0.5) is 4.39 Å². The van der Waals surface area contributed by atoms with Crippen LogP contribution < -0.4 is 5.73 Å². The van der Waals surface area contributed by atoms with Crippen LogP contribution in [0.25, 0.3) is 0 Å².